The first-order valence-electron chi connectivity index (χ1n) is 9.36. The smallest absolute Gasteiger partial charge is 0.127 e. The van der Waals surface area contributed by atoms with Crippen LogP contribution in [0, 0.1) is 11.8 Å². The number of phenols is 1. The van der Waals surface area contributed by atoms with E-state index in [-0.39, 0.29) is 0 Å². The van der Waals surface area contributed by atoms with Gasteiger partial charge in [0.15, 0.2) is 0 Å². The molecule has 0 aromatic heterocycles. The largest absolute Gasteiger partial charge is 0.507 e. The van der Waals surface area contributed by atoms with Crippen molar-refractivity contribution in [2.45, 2.75) is 19.3 Å². The summed E-state index contributed by atoms with van der Waals surface area (Å²) in [5.41, 5.74) is 4.67. The second kappa shape index (κ2) is 5.91. The number of hydrogen-bond acceptors (Lipinski definition) is 2. The molecule has 1 N–H and O–H groups in total. The molecule has 0 spiro atoms. The summed E-state index contributed by atoms with van der Waals surface area (Å²) in [6.45, 7) is 0. The molecule has 1 fully saturated rings. The lowest BCUT2D eigenvalue weighted by Gasteiger charge is -2.22. The van der Waals surface area contributed by atoms with Crippen molar-refractivity contribution < 1.29 is 9.84 Å². The zero-order chi connectivity index (χ0) is 17.7. The first-order valence-corrected chi connectivity index (χ1v) is 9.36. The summed E-state index contributed by atoms with van der Waals surface area (Å²) < 4.78 is 5.71. The van der Waals surface area contributed by atoms with Gasteiger partial charge < -0.3 is 9.84 Å². The van der Waals surface area contributed by atoms with Gasteiger partial charge in [0, 0.05) is 10.9 Å². The lowest BCUT2D eigenvalue weighted by Crippen LogP contribution is -2.01. The van der Waals surface area contributed by atoms with Crippen LogP contribution < -0.4 is 4.74 Å². The molecule has 2 atom stereocenters. The molecule has 0 heterocycles. The van der Waals surface area contributed by atoms with Crippen molar-refractivity contribution in [3.8, 4) is 22.6 Å². The number of aromatic hydroxyl groups is 1. The number of fused-ring (bicyclic) bond motifs is 3. The van der Waals surface area contributed by atoms with Gasteiger partial charge in [-0.15, -0.1) is 0 Å². The van der Waals surface area contributed by atoms with E-state index in [2.05, 4.69) is 36.4 Å². The minimum absolute atomic E-state index is 0.315. The summed E-state index contributed by atoms with van der Waals surface area (Å²) in [7, 11) is 1.72. The monoisotopic (exact) mass is 342 g/mol. The Labute approximate surface area is 153 Å². The van der Waals surface area contributed by atoms with Crippen LogP contribution in [0.2, 0.25) is 0 Å². The van der Waals surface area contributed by atoms with Gasteiger partial charge in [0.25, 0.3) is 0 Å². The molecule has 5 rings (SSSR count). The Balaban J connectivity index is 1.88. The van der Waals surface area contributed by atoms with Crippen molar-refractivity contribution in [1.29, 1.82) is 0 Å². The van der Waals surface area contributed by atoms with E-state index in [9.17, 15) is 5.11 Å². The fourth-order valence-electron chi connectivity index (χ4n) is 4.86. The Morgan fingerprint density at radius 1 is 0.923 bits per heavy atom. The summed E-state index contributed by atoms with van der Waals surface area (Å²) in [6.07, 6.45) is 6.34. The van der Waals surface area contributed by atoms with Crippen molar-refractivity contribution in [3.05, 3.63) is 66.2 Å². The highest BCUT2D eigenvalue weighted by atomic mass is 16.5. The Bertz CT molecular complexity index is 1030. The third-order valence-electron chi connectivity index (χ3n) is 6.04. The van der Waals surface area contributed by atoms with Gasteiger partial charge in [-0.05, 0) is 65.3 Å². The SMILES string of the molecule is COc1cc(-c2ccccc2O)c(C2=CC3CCC2C3)c2ccccc12. The van der Waals surface area contributed by atoms with E-state index in [4.69, 9.17) is 4.74 Å². The number of methoxy groups -OCH3 is 1. The normalized spacial score (nSPS) is 21.2. The van der Waals surface area contributed by atoms with Gasteiger partial charge in [0.1, 0.15) is 11.5 Å². The zero-order valence-electron chi connectivity index (χ0n) is 14.9. The van der Waals surface area contributed by atoms with Gasteiger partial charge in [-0.3, -0.25) is 0 Å². The highest BCUT2D eigenvalue weighted by Crippen LogP contribution is 2.52. The summed E-state index contributed by atoms with van der Waals surface area (Å²) in [4.78, 5) is 0. The lowest BCUT2D eigenvalue weighted by molar-refractivity contribution is 0.420. The van der Waals surface area contributed by atoms with E-state index in [0.717, 1.165) is 22.3 Å². The number of ether oxygens (including phenoxy) is 1. The molecule has 2 bridgehead atoms. The maximum absolute atomic E-state index is 10.5. The number of rotatable bonds is 3. The lowest BCUT2D eigenvalue weighted by atomic mass is 9.83. The average molecular weight is 342 g/mol. The fourth-order valence-corrected chi connectivity index (χ4v) is 4.86. The third kappa shape index (κ3) is 2.25. The van der Waals surface area contributed by atoms with E-state index in [1.165, 1.54) is 35.8 Å². The minimum Gasteiger partial charge on any atom is -0.507 e. The van der Waals surface area contributed by atoms with Crippen LogP contribution in [0.5, 0.6) is 11.5 Å². The summed E-state index contributed by atoms with van der Waals surface area (Å²) in [5, 5.41) is 12.9. The molecule has 130 valence electrons. The number of phenolic OH excluding ortho intramolecular Hbond substituents is 1. The predicted molar refractivity (Wildman–Crippen MR) is 106 cm³/mol. The molecule has 0 radical (unpaired) electrons. The van der Waals surface area contributed by atoms with Crippen LogP contribution in [0.15, 0.2) is 60.7 Å². The molecule has 0 aliphatic heterocycles. The quantitative estimate of drug-likeness (QED) is 0.629. The van der Waals surface area contributed by atoms with Crippen molar-refractivity contribution in [1.82, 2.24) is 0 Å². The van der Waals surface area contributed by atoms with Crippen LogP contribution in [-0.4, -0.2) is 12.2 Å². The standard InChI is InChI=1S/C24H22O2/c1-26-23-14-21(17-6-4-5-9-22(17)25)24(19-8-3-2-7-18(19)23)20-13-15-10-11-16(20)12-15/h2-9,13-16,25H,10-12H2,1H3. The molecule has 0 amide bonds. The van der Waals surface area contributed by atoms with Crippen LogP contribution in [-0.2, 0) is 0 Å². The highest BCUT2D eigenvalue weighted by Gasteiger charge is 2.35. The van der Waals surface area contributed by atoms with Gasteiger partial charge >= 0.3 is 0 Å². The molecular formula is C24H22O2. The predicted octanol–water partition coefficient (Wildman–Crippen LogP) is 6.03. The van der Waals surface area contributed by atoms with Gasteiger partial charge in [0.2, 0.25) is 0 Å². The maximum atomic E-state index is 10.5. The number of para-hydroxylation sites is 1. The van der Waals surface area contributed by atoms with E-state index < -0.39 is 0 Å². The highest BCUT2D eigenvalue weighted by molar-refractivity contribution is 6.05. The van der Waals surface area contributed by atoms with Crippen LogP contribution in [0.3, 0.4) is 0 Å². The number of allylic oxidation sites excluding steroid dienone is 2. The molecule has 2 heteroatoms. The molecule has 2 aliphatic carbocycles. The third-order valence-corrected chi connectivity index (χ3v) is 6.04. The molecule has 0 saturated heterocycles. The Morgan fingerprint density at radius 2 is 1.69 bits per heavy atom. The van der Waals surface area contributed by atoms with E-state index >= 15 is 0 Å². The maximum Gasteiger partial charge on any atom is 0.127 e. The van der Waals surface area contributed by atoms with Crippen molar-refractivity contribution in [2.75, 3.05) is 7.11 Å². The van der Waals surface area contributed by atoms with Gasteiger partial charge in [-0.1, -0.05) is 48.5 Å². The summed E-state index contributed by atoms with van der Waals surface area (Å²) in [6, 6.07) is 18.2. The van der Waals surface area contributed by atoms with Crippen LogP contribution in [0.1, 0.15) is 24.8 Å². The molecule has 1 saturated carbocycles. The van der Waals surface area contributed by atoms with E-state index in [1.54, 1.807) is 13.2 Å². The van der Waals surface area contributed by atoms with Crippen LogP contribution >= 0.6 is 0 Å². The molecule has 2 aliphatic rings. The Hall–Kier alpha value is -2.74. The topological polar surface area (TPSA) is 29.5 Å². The number of hydrogen-bond donors (Lipinski definition) is 1. The van der Waals surface area contributed by atoms with Crippen molar-refractivity contribution in [2.24, 2.45) is 11.8 Å². The molecule has 26 heavy (non-hydrogen) atoms. The van der Waals surface area contributed by atoms with E-state index in [0.29, 0.717) is 17.6 Å². The second-order valence-corrected chi connectivity index (χ2v) is 7.46. The molecule has 3 aromatic rings. The summed E-state index contributed by atoms with van der Waals surface area (Å²) in [5.74, 6) is 2.52. The Kier molecular flexibility index (Phi) is 3.53. The van der Waals surface area contributed by atoms with Crippen molar-refractivity contribution in [3.63, 3.8) is 0 Å². The average Bonchev–Trinajstić information content (AvgIpc) is 3.30. The summed E-state index contributed by atoms with van der Waals surface area (Å²) >= 11 is 0. The molecule has 2 unspecified atom stereocenters. The molecule has 2 nitrogen and oxygen atoms in total. The number of benzene rings is 3. The minimum atomic E-state index is 0.315. The van der Waals surface area contributed by atoms with Gasteiger partial charge in [0.05, 0.1) is 7.11 Å². The van der Waals surface area contributed by atoms with Gasteiger partial charge in [-0.25, -0.2) is 0 Å². The first-order chi connectivity index (χ1) is 12.8. The van der Waals surface area contributed by atoms with Crippen LogP contribution in [0.4, 0.5) is 0 Å². The molecule has 3 aromatic carbocycles. The first kappa shape index (κ1) is 15.5. The van der Waals surface area contributed by atoms with Gasteiger partial charge in [-0.2, -0.15) is 0 Å². The fraction of sp³-hybridized carbons (Fsp3) is 0.250. The second-order valence-electron chi connectivity index (χ2n) is 7.46. The van der Waals surface area contributed by atoms with Crippen LogP contribution in [0.25, 0.3) is 27.5 Å². The Morgan fingerprint density at radius 3 is 2.38 bits per heavy atom. The molecular weight excluding hydrogens is 320 g/mol. The van der Waals surface area contributed by atoms with E-state index in [1.807, 2.05) is 18.2 Å². The zero-order valence-corrected chi connectivity index (χ0v) is 14.9. The van der Waals surface area contributed by atoms with Crippen molar-refractivity contribution >= 4 is 16.3 Å².